The van der Waals surface area contributed by atoms with Gasteiger partial charge in [-0.05, 0) is 54.8 Å². The van der Waals surface area contributed by atoms with Gasteiger partial charge in [0.05, 0.1) is 23.3 Å². The molecule has 2 amide bonds. The molecule has 1 N–H and O–H groups in total. The predicted octanol–water partition coefficient (Wildman–Crippen LogP) is 5.60. The summed E-state index contributed by atoms with van der Waals surface area (Å²) in [5.74, 6) is -1.66. The number of halogens is 7. The van der Waals surface area contributed by atoms with E-state index in [1.54, 1.807) is 4.90 Å². The second-order valence-corrected chi connectivity index (χ2v) is 9.68. The molecule has 0 spiro atoms. The van der Waals surface area contributed by atoms with Crippen molar-refractivity contribution < 1.29 is 45.1 Å². The molecule has 2 aliphatic heterocycles. The Morgan fingerprint density at radius 1 is 1.03 bits per heavy atom. The molecule has 2 aromatic carbocycles. The molecule has 0 bridgehead atoms. The fourth-order valence-corrected chi connectivity index (χ4v) is 5.35. The van der Waals surface area contributed by atoms with Crippen molar-refractivity contribution in [3.63, 3.8) is 0 Å². The summed E-state index contributed by atoms with van der Waals surface area (Å²) < 4.78 is 100.0. The van der Waals surface area contributed by atoms with Crippen molar-refractivity contribution in [3.8, 4) is 0 Å². The number of hydrogen-bond acceptors (Lipinski definition) is 3. The molecule has 2 heterocycles. The first-order chi connectivity index (χ1) is 17.6. The summed E-state index contributed by atoms with van der Waals surface area (Å²) in [5.41, 5.74) is -2.64. The van der Waals surface area contributed by atoms with Gasteiger partial charge in [-0.1, -0.05) is 12.1 Å². The van der Waals surface area contributed by atoms with Crippen LogP contribution in [0.4, 0.5) is 30.7 Å². The molecule has 0 radical (unpaired) electrons. The van der Waals surface area contributed by atoms with Crippen molar-refractivity contribution >= 4 is 11.8 Å². The number of amides is 2. The highest BCUT2D eigenvalue weighted by molar-refractivity contribution is 5.80. The molecule has 2 saturated heterocycles. The Hall–Kier alpha value is -3.15. The van der Waals surface area contributed by atoms with Gasteiger partial charge in [0, 0.05) is 37.9 Å². The molecule has 0 aliphatic carbocycles. The Labute approximate surface area is 213 Å². The average molecular weight is 546 g/mol. The van der Waals surface area contributed by atoms with Crippen LogP contribution < -0.4 is 5.32 Å². The quantitative estimate of drug-likeness (QED) is 0.497. The van der Waals surface area contributed by atoms with E-state index >= 15 is 0 Å². The number of alkyl halides is 6. The van der Waals surface area contributed by atoms with Gasteiger partial charge < -0.3 is 15.0 Å². The van der Waals surface area contributed by atoms with Gasteiger partial charge in [-0.15, -0.1) is 0 Å². The Morgan fingerprint density at radius 3 is 2.13 bits per heavy atom. The second-order valence-electron chi connectivity index (χ2n) is 9.68. The standard InChI is InChI=1S/C26H25F7N2O3/c1-13(16-7-17(25(28,29)30)9-18(8-16)26(31,32)33)38-22-12-35-21(10-20(11-23(35)37)34-14(2)36)24(22)15-3-5-19(27)6-4-15/h3-9,13,20-22,24H,10-12H2,1-2H3,(H,34,36)/t13-,20?,21?,22+,24?/m1/s1. The van der Waals surface area contributed by atoms with E-state index in [4.69, 9.17) is 4.74 Å². The first-order valence-corrected chi connectivity index (χ1v) is 11.9. The largest absolute Gasteiger partial charge is 0.416 e. The number of nitrogens with zero attached hydrogens (tertiary/aromatic N) is 1. The van der Waals surface area contributed by atoms with Crippen LogP contribution in [0.2, 0.25) is 0 Å². The maximum absolute atomic E-state index is 13.6. The zero-order valence-electron chi connectivity index (χ0n) is 20.4. The van der Waals surface area contributed by atoms with E-state index in [1.165, 1.54) is 38.1 Å². The first kappa shape index (κ1) is 27.9. The van der Waals surface area contributed by atoms with Crippen molar-refractivity contribution in [1.29, 1.82) is 0 Å². The second kappa shape index (κ2) is 10.2. The molecule has 0 saturated carbocycles. The Bertz CT molecular complexity index is 1160. The number of piperidine rings is 1. The van der Waals surface area contributed by atoms with Crippen LogP contribution in [-0.2, 0) is 26.7 Å². The Balaban J connectivity index is 1.68. The van der Waals surface area contributed by atoms with Gasteiger partial charge >= 0.3 is 12.4 Å². The van der Waals surface area contributed by atoms with E-state index in [9.17, 15) is 40.3 Å². The Morgan fingerprint density at radius 2 is 1.61 bits per heavy atom. The van der Waals surface area contributed by atoms with E-state index in [2.05, 4.69) is 5.32 Å². The third kappa shape index (κ3) is 5.95. The molecule has 0 aromatic heterocycles. The molecule has 12 heteroatoms. The summed E-state index contributed by atoms with van der Waals surface area (Å²) in [4.78, 5) is 26.1. The highest BCUT2D eigenvalue weighted by atomic mass is 19.4. The lowest BCUT2D eigenvalue weighted by molar-refractivity contribution is -0.143. The number of hydrogen-bond donors (Lipinski definition) is 1. The lowest BCUT2D eigenvalue weighted by Gasteiger charge is -2.37. The van der Waals surface area contributed by atoms with Crippen molar-refractivity contribution in [3.05, 3.63) is 70.5 Å². The minimum Gasteiger partial charge on any atom is -0.368 e. The maximum Gasteiger partial charge on any atom is 0.416 e. The number of carbonyl (C=O) groups is 2. The fourth-order valence-electron chi connectivity index (χ4n) is 5.35. The van der Waals surface area contributed by atoms with Crippen molar-refractivity contribution in [2.75, 3.05) is 6.54 Å². The number of rotatable bonds is 5. The van der Waals surface area contributed by atoms with Gasteiger partial charge in [-0.25, -0.2) is 4.39 Å². The summed E-state index contributed by atoms with van der Waals surface area (Å²) in [5, 5.41) is 2.73. The van der Waals surface area contributed by atoms with Crippen molar-refractivity contribution in [2.45, 2.75) is 69.3 Å². The van der Waals surface area contributed by atoms with Gasteiger partial charge in [-0.2, -0.15) is 26.3 Å². The predicted molar refractivity (Wildman–Crippen MR) is 121 cm³/mol. The molecule has 2 aliphatic rings. The zero-order chi connectivity index (χ0) is 28.0. The maximum atomic E-state index is 13.6. The molecule has 2 fully saturated rings. The smallest absolute Gasteiger partial charge is 0.368 e. The van der Waals surface area contributed by atoms with Gasteiger partial charge in [0.25, 0.3) is 0 Å². The fraction of sp³-hybridized carbons (Fsp3) is 0.462. The molecular formula is C26H25F7N2O3. The number of fused-ring (bicyclic) bond motifs is 1. The molecule has 4 rings (SSSR count). The molecule has 2 aromatic rings. The van der Waals surface area contributed by atoms with E-state index < -0.39 is 59.5 Å². The van der Waals surface area contributed by atoms with Gasteiger partial charge in [0.2, 0.25) is 11.8 Å². The topological polar surface area (TPSA) is 58.6 Å². The summed E-state index contributed by atoms with van der Waals surface area (Å²) in [7, 11) is 0. The molecular weight excluding hydrogens is 521 g/mol. The van der Waals surface area contributed by atoms with E-state index in [1.807, 2.05) is 0 Å². The molecule has 5 nitrogen and oxygen atoms in total. The van der Waals surface area contributed by atoms with Gasteiger partial charge in [0.15, 0.2) is 0 Å². The van der Waals surface area contributed by atoms with Crippen molar-refractivity contribution in [2.24, 2.45) is 0 Å². The number of benzene rings is 2. The third-order valence-corrected chi connectivity index (χ3v) is 6.98. The molecule has 206 valence electrons. The minimum atomic E-state index is -5.01. The van der Waals surface area contributed by atoms with Gasteiger partial charge in [0.1, 0.15) is 5.82 Å². The van der Waals surface area contributed by atoms with Crippen LogP contribution >= 0.6 is 0 Å². The monoisotopic (exact) mass is 546 g/mol. The first-order valence-electron chi connectivity index (χ1n) is 11.9. The average Bonchev–Trinajstić information content (AvgIpc) is 3.16. The van der Waals surface area contributed by atoms with Crippen LogP contribution in [0.3, 0.4) is 0 Å². The zero-order valence-corrected chi connectivity index (χ0v) is 20.4. The molecule has 38 heavy (non-hydrogen) atoms. The molecule has 5 atom stereocenters. The SMILES string of the molecule is CC(=O)NC1CC(=O)N2C[C@H](O[C@H](C)c3cc(C(F)(F)F)cc(C(F)(F)F)c3)C(c3ccc(F)cc3)C2C1. The van der Waals surface area contributed by atoms with Crippen LogP contribution in [0.15, 0.2) is 42.5 Å². The van der Waals surface area contributed by atoms with Crippen LogP contribution in [0.25, 0.3) is 0 Å². The van der Waals surface area contributed by atoms with Crippen LogP contribution in [0.1, 0.15) is 61.0 Å². The minimum absolute atomic E-state index is 0.0355. The lowest BCUT2D eigenvalue weighted by atomic mass is 9.84. The van der Waals surface area contributed by atoms with E-state index in [0.717, 1.165) is 0 Å². The Kier molecular flexibility index (Phi) is 7.48. The summed E-state index contributed by atoms with van der Waals surface area (Å²) in [6, 6.07) is 5.79. The highest BCUT2D eigenvalue weighted by Gasteiger charge is 2.49. The number of nitrogens with one attached hydrogen (secondary N) is 1. The summed E-state index contributed by atoms with van der Waals surface area (Å²) in [6.07, 6.45) is -11.6. The van der Waals surface area contributed by atoms with Crippen LogP contribution in [0.5, 0.6) is 0 Å². The van der Waals surface area contributed by atoms with Crippen LogP contribution in [0, 0.1) is 5.82 Å². The summed E-state index contributed by atoms with van der Waals surface area (Å²) in [6.45, 7) is 2.70. The number of ether oxygens (including phenoxy) is 1. The lowest BCUT2D eigenvalue weighted by Crippen LogP contribution is -2.51. The molecule has 3 unspecified atom stereocenters. The van der Waals surface area contributed by atoms with E-state index in [0.29, 0.717) is 24.1 Å². The van der Waals surface area contributed by atoms with Crippen LogP contribution in [-0.4, -0.2) is 41.4 Å². The third-order valence-electron chi connectivity index (χ3n) is 6.98. The summed E-state index contributed by atoms with van der Waals surface area (Å²) >= 11 is 0. The van der Waals surface area contributed by atoms with Gasteiger partial charge in [-0.3, -0.25) is 9.59 Å². The van der Waals surface area contributed by atoms with Crippen molar-refractivity contribution in [1.82, 2.24) is 10.2 Å². The normalized spacial score (nSPS) is 24.8. The number of carbonyl (C=O) groups excluding carboxylic acids is 2. The van der Waals surface area contributed by atoms with E-state index in [-0.39, 0.29) is 36.4 Å². The highest BCUT2D eigenvalue weighted by Crippen LogP contribution is 2.43.